The topological polar surface area (TPSA) is 64.6 Å². The van der Waals surface area contributed by atoms with E-state index in [4.69, 9.17) is 9.47 Å². The Morgan fingerprint density at radius 3 is 2.91 bits per heavy atom. The van der Waals surface area contributed by atoms with Gasteiger partial charge in [0.25, 0.3) is 0 Å². The van der Waals surface area contributed by atoms with Crippen LogP contribution in [0, 0.1) is 5.92 Å². The summed E-state index contributed by atoms with van der Waals surface area (Å²) in [6.45, 7) is 3.44. The number of rotatable bonds is 5. The SMILES string of the molecule is COc1cc2c(cc1CNC[C@@H]1CCS(=O)(=O)C1)O[C@H](C)C2. The Hall–Kier alpha value is -1.27. The van der Waals surface area contributed by atoms with Crippen LogP contribution in [0.2, 0.25) is 0 Å². The van der Waals surface area contributed by atoms with Crippen molar-refractivity contribution >= 4 is 9.84 Å². The predicted molar refractivity (Wildman–Crippen MR) is 85.3 cm³/mol. The molecular formula is C16H23NO4S. The van der Waals surface area contributed by atoms with Gasteiger partial charge in [-0.1, -0.05) is 0 Å². The first-order valence-electron chi connectivity index (χ1n) is 7.74. The molecule has 0 spiro atoms. The van der Waals surface area contributed by atoms with Crippen LogP contribution in [-0.2, 0) is 22.8 Å². The van der Waals surface area contributed by atoms with Crippen molar-refractivity contribution in [3.63, 3.8) is 0 Å². The number of hydrogen-bond donors (Lipinski definition) is 1. The van der Waals surface area contributed by atoms with E-state index in [9.17, 15) is 8.42 Å². The van der Waals surface area contributed by atoms with Gasteiger partial charge in [0.1, 0.15) is 17.6 Å². The molecule has 122 valence electrons. The van der Waals surface area contributed by atoms with Gasteiger partial charge in [0.15, 0.2) is 9.84 Å². The van der Waals surface area contributed by atoms with E-state index in [0.29, 0.717) is 18.1 Å². The number of fused-ring (bicyclic) bond motifs is 1. The van der Waals surface area contributed by atoms with Gasteiger partial charge in [-0.25, -0.2) is 8.42 Å². The minimum atomic E-state index is -2.80. The molecule has 22 heavy (non-hydrogen) atoms. The Morgan fingerprint density at radius 1 is 1.41 bits per heavy atom. The van der Waals surface area contributed by atoms with E-state index in [1.54, 1.807) is 7.11 Å². The highest BCUT2D eigenvalue weighted by Gasteiger charge is 2.27. The van der Waals surface area contributed by atoms with Crippen molar-refractivity contribution in [2.75, 3.05) is 25.2 Å². The van der Waals surface area contributed by atoms with Gasteiger partial charge in [-0.05, 0) is 37.9 Å². The Bertz CT molecular complexity index is 656. The summed E-state index contributed by atoms with van der Waals surface area (Å²) in [5, 5.41) is 3.36. The fraction of sp³-hybridized carbons (Fsp3) is 0.625. The van der Waals surface area contributed by atoms with Gasteiger partial charge in [-0.2, -0.15) is 0 Å². The first-order chi connectivity index (χ1) is 10.5. The lowest BCUT2D eigenvalue weighted by atomic mass is 10.1. The molecule has 0 bridgehead atoms. The van der Waals surface area contributed by atoms with E-state index < -0.39 is 9.84 Å². The molecule has 1 saturated heterocycles. The van der Waals surface area contributed by atoms with Gasteiger partial charge < -0.3 is 14.8 Å². The van der Waals surface area contributed by atoms with E-state index in [2.05, 4.69) is 18.3 Å². The fourth-order valence-electron chi connectivity index (χ4n) is 3.25. The molecule has 2 heterocycles. The van der Waals surface area contributed by atoms with Crippen LogP contribution in [-0.4, -0.2) is 39.7 Å². The summed E-state index contributed by atoms with van der Waals surface area (Å²) >= 11 is 0. The zero-order valence-electron chi connectivity index (χ0n) is 13.1. The van der Waals surface area contributed by atoms with E-state index in [0.717, 1.165) is 36.4 Å². The number of nitrogens with one attached hydrogen (secondary N) is 1. The van der Waals surface area contributed by atoms with E-state index in [1.165, 1.54) is 5.56 Å². The average Bonchev–Trinajstić information content (AvgIpc) is 2.98. The molecule has 0 aliphatic carbocycles. The second kappa shape index (κ2) is 6.08. The lowest BCUT2D eigenvalue weighted by molar-refractivity contribution is 0.254. The number of methoxy groups -OCH3 is 1. The standard InChI is InChI=1S/C16H23NO4S/c1-11-5-13-6-15(20-2)14(7-16(13)21-11)9-17-8-12-3-4-22(18,19)10-12/h6-7,11-12,17H,3-5,8-10H2,1-2H3/t11-,12+/m1/s1. The van der Waals surface area contributed by atoms with Crippen LogP contribution >= 0.6 is 0 Å². The van der Waals surface area contributed by atoms with Crippen LogP contribution in [0.1, 0.15) is 24.5 Å². The summed E-state index contributed by atoms with van der Waals surface area (Å²) in [6.07, 6.45) is 1.89. The second-order valence-electron chi connectivity index (χ2n) is 6.30. The van der Waals surface area contributed by atoms with Crippen LogP contribution in [0.3, 0.4) is 0 Å². The van der Waals surface area contributed by atoms with Crippen LogP contribution in [0.5, 0.6) is 11.5 Å². The lowest BCUT2D eigenvalue weighted by Crippen LogP contribution is -2.23. The quantitative estimate of drug-likeness (QED) is 0.890. The smallest absolute Gasteiger partial charge is 0.150 e. The maximum Gasteiger partial charge on any atom is 0.150 e. The number of benzene rings is 1. The molecule has 0 unspecified atom stereocenters. The molecule has 6 heteroatoms. The first-order valence-corrected chi connectivity index (χ1v) is 9.56. The largest absolute Gasteiger partial charge is 0.496 e. The highest BCUT2D eigenvalue weighted by Crippen LogP contribution is 2.35. The Kier molecular flexibility index (Phi) is 4.32. The van der Waals surface area contributed by atoms with Gasteiger partial charge in [0, 0.05) is 24.1 Å². The van der Waals surface area contributed by atoms with Gasteiger partial charge in [0.05, 0.1) is 18.6 Å². The molecule has 2 aliphatic rings. The van der Waals surface area contributed by atoms with Crippen LogP contribution in [0.4, 0.5) is 0 Å². The highest BCUT2D eigenvalue weighted by atomic mass is 32.2. The minimum absolute atomic E-state index is 0.214. The fourth-order valence-corrected chi connectivity index (χ4v) is 5.12. The molecular weight excluding hydrogens is 302 g/mol. The van der Waals surface area contributed by atoms with Crippen molar-refractivity contribution in [3.05, 3.63) is 23.3 Å². The Balaban J connectivity index is 1.62. The van der Waals surface area contributed by atoms with Gasteiger partial charge in [-0.3, -0.25) is 0 Å². The summed E-state index contributed by atoms with van der Waals surface area (Å²) in [7, 11) is -1.13. The molecule has 2 atom stereocenters. The molecule has 0 aromatic heterocycles. The third-order valence-corrected chi connectivity index (χ3v) is 6.21. The van der Waals surface area contributed by atoms with Crippen molar-refractivity contribution in [1.29, 1.82) is 0 Å². The molecule has 0 saturated carbocycles. The Morgan fingerprint density at radius 2 is 2.23 bits per heavy atom. The minimum Gasteiger partial charge on any atom is -0.496 e. The van der Waals surface area contributed by atoms with Gasteiger partial charge >= 0.3 is 0 Å². The van der Waals surface area contributed by atoms with E-state index in [-0.39, 0.29) is 12.0 Å². The van der Waals surface area contributed by atoms with Gasteiger partial charge in [0.2, 0.25) is 0 Å². The summed E-state index contributed by atoms with van der Waals surface area (Å²) in [4.78, 5) is 0. The van der Waals surface area contributed by atoms with Crippen molar-refractivity contribution in [2.24, 2.45) is 5.92 Å². The number of ether oxygens (including phenoxy) is 2. The van der Waals surface area contributed by atoms with Crippen molar-refractivity contribution < 1.29 is 17.9 Å². The first kappa shape index (κ1) is 15.6. The molecule has 1 aromatic carbocycles. The van der Waals surface area contributed by atoms with Crippen molar-refractivity contribution in [2.45, 2.75) is 32.4 Å². The van der Waals surface area contributed by atoms with Crippen LogP contribution < -0.4 is 14.8 Å². The normalized spacial score (nSPS) is 25.7. The molecule has 0 amide bonds. The number of hydrogen-bond acceptors (Lipinski definition) is 5. The highest BCUT2D eigenvalue weighted by molar-refractivity contribution is 7.91. The summed E-state index contributed by atoms with van der Waals surface area (Å²) in [5.74, 6) is 2.66. The number of sulfone groups is 1. The van der Waals surface area contributed by atoms with Crippen molar-refractivity contribution in [3.8, 4) is 11.5 Å². The molecule has 2 aliphatic heterocycles. The van der Waals surface area contributed by atoms with Gasteiger partial charge in [-0.15, -0.1) is 0 Å². The molecule has 5 nitrogen and oxygen atoms in total. The van der Waals surface area contributed by atoms with Crippen LogP contribution in [0.15, 0.2) is 12.1 Å². The zero-order valence-corrected chi connectivity index (χ0v) is 13.9. The summed E-state index contributed by atoms with van der Waals surface area (Å²) in [6, 6.07) is 4.09. The Labute approximate surface area is 131 Å². The molecule has 1 fully saturated rings. The molecule has 0 radical (unpaired) electrons. The average molecular weight is 325 g/mol. The molecule has 1 aromatic rings. The zero-order chi connectivity index (χ0) is 15.7. The second-order valence-corrected chi connectivity index (χ2v) is 8.53. The predicted octanol–water partition coefficient (Wildman–Crippen LogP) is 1.54. The molecule has 3 rings (SSSR count). The third-order valence-electron chi connectivity index (χ3n) is 4.37. The maximum atomic E-state index is 11.5. The maximum absolute atomic E-state index is 11.5. The summed E-state index contributed by atoms with van der Waals surface area (Å²) in [5.41, 5.74) is 2.24. The van der Waals surface area contributed by atoms with E-state index >= 15 is 0 Å². The summed E-state index contributed by atoms with van der Waals surface area (Å²) < 4.78 is 34.2. The third kappa shape index (κ3) is 3.38. The molecule has 1 N–H and O–H groups in total. The van der Waals surface area contributed by atoms with Crippen LogP contribution in [0.25, 0.3) is 0 Å². The lowest BCUT2D eigenvalue weighted by Gasteiger charge is -2.13. The monoisotopic (exact) mass is 325 g/mol. The van der Waals surface area contributed by atoms with E-state index in [1.807, 2.05) is 6.07 Å². The van der Waals surface area contributed by atoms with Crippen molar-refractivity contribution in [1.82, 2.24) is 5.32 Å².